The standard InChI is InChI=1S/C16H25N7O7/c1-7(16(29)30)21-14(27)11(3-12(18)25)23-15(28)10(2-8-4-19-6-20-8)22-13(26)9(17)5-24/h4,6-7,9-11,24H,2-3,5,17H2,1H3,(H2,18,25)(H,19,20)(H,21,27)(H,22,26)(H,23,28)(H,29,30). The lowest BCUT2D eigenvalue weighted by molar-refractivity contribution is -0.142. The van der Waals surface area contributed by atoms with E-state index in [0.717, 1.165) is 0 Å². The Hall–Kier alpha value is -3.52. The zero-order chi connectivity index (χ0) is 22.8. The maximum atomic E-state index is 12.7. The van der Waals surface area contributed by atoms with Crippen LogP contribution in [-0.2, 0) is 30.4 Å². The van der Waals surface area contributed by atoms with Gasteiger partial charge in [0.25, 0.3) is 0 Å². The van der Waals surface area contributed by atoms with Gasteiger partial charge in [0, 0.05) is 18.3 Å². The summed E-state index contributed by atoms with van der Waals surface area (Å²) in [5.41, 5.74) is 11.0. The number of carbonyl (C=O) groups is 5. The fourth-order valence-electron chi connectivity index (χ4n) is 2.25. The van der Waals surface area contributed by atoms with Crippen molar-refractivity contribution in [2.24, 2.45) is 11.5 Å². The maximum absolute atomic E-state index is 12.7. The molecular weight excluding hydrogens is 402 g/mol. The average Bonchev–Trinajstić information content (AvgIpc) is 3.18. The first kappa shape index (κ1) is 24.5. The molecular formula is C16H25N7O7. The molecule has 0 aliphatic rings. The van der Waals surface area contributed by atoms with E-state index in [-0.39, 0.29) is 6.42 Å². The second-order valence-electron chi connectivity index (χ2n) is 6.43. The van der Waals surface area contributed by atoms with Crippen molar-refractivity contribution in [3.8, 4) is 0 Å². The highest BCUT2D eigenvalue weighted by Crippen LogP contribution is 2.02. The van der Waals surface area contributed by atoms with Gasteiger partial charge in [0.1, 0.15) is 24.2 Å². The zero-order valence-corrected chi connectivity index (χ0v) is 16.1. The lowest BCUT2D eigenvalue weighted by Gasteiger charge is -2.23. The van der Waals surface area contributed by atoms with Crippen molar-refractivity contribution < 1.29 is 34.2 Å². The maximum Gasteiger partial charge on any atom is 0.325 e. The van der Waals surface area contributed by atoms with E-state index >= 15 is 0 Å². The number of hydrogen-bond acceptors (Lipinski definition) is 8. The molecule has 10 N–H and O–H groups in total. The molecule has 0 aliphatic carbocycles. The molecule has 14 heteroatoms. The van der Waals surface area contributed by atoms with Crippen LogP contribution in [0.1, 0.15) is 19.0 Å². The van der Waals surface area contributed by atoms with Gasteiger partial charge in [0.05, 0.1) is 19.4 Å². The van der Waals surface area contributed by atoms with Crippen LogP contribution in [0.2, 0.25) is 0 Å². The Balaban J connectivity index is 2.98. The van der Waals surface area contributed by atoms with Gasteiger partial charge in [-0.15, -0.1) is 0 Å². The van der Waals surface area contributed by atoms with Crippen LogP contribution < -0.4 is 27.4 Å². The Kier molecular flexibility index (Phi) is 9.38. The number of H-pyrrole nitrogens is 1. The molecule has 0 spiro atoms. The van der Waals surface area contributed by atoms with Crippen molar-refractivity contribution in [1.82, 2.24) is 25.9 Å². The second-order valence-corrected chi connectivity index (χ2v) is 6.43. The third-order valence-electron chi connectivity index (χ3n) is 3.91. The Morgan fingerprint density at radius 2 is 1.70 bits per heavy atom. The molecule has 4 amide bonds. The van der Waals surface area contributed by atoms with Crippen LogP contribution in [0.15, 0.2) is 12.5 Å². The van der Waals surface area contributed by atoms with Gasteiger partial charge in [0.2, 0.25) is 23.6 Å². The number of nitrogens with zero attached hydrogens (tertiary/aromatic N) is 1. The van der Waals surface area contributed by atoms with Crippen LogP contribution in [-0.4, -0.2) is 80.6 Å². The summed E-state index contributed by atoms with van der Waals surface area (Å²) in [5, 5.41) is 24.6. The largest absolute Gasteiger partial charge is 0.480 e. The molecule has 166 valence electrons. The van der Waals surface area contributed by atoms with Crippen LogP contribution in [0.3, 0.4) is 0 Å². The van der Waals surface area contributed by atoms with Crippen LogP contribution in [0.4, 0.5) is 0 Å². The number of imidazole rings is 1. The highest BCUT2D eigenvalue weighted by molar-refractivity contribution is 5.96. The summed E-state index contributed by atoms with van der Waals surface area (Å²) in [7, 11) is 0. The highest BCUT2D eigenvalue weighted by atomic mass is 16.4. The molecule has 1 heterocycles. The molecule has 4 unspecified atom stereocenters. The smallest absolute Gasteiger partial charge is 0.325 e. The van der Waals surface area contributed by atoms with Gasteiger partial charge in [-0.1, -0.05) is 0 Å². The summed E-state index contributed by atoms with van der Waals surface area (Å²) >= 11 is 0. The SMILES string of the molecule is CC(NC(=O)C(CC(N)=O)NC(=O)C(Cc1cnc[nH]1)NC(=O)C(N)CO)C(=O)O. The number of hydrogen-bond donors (Lipinski definition) is 8. The summed E-state index contributed by atoms with van der Waals surface area (Å²) < 4.78 is 0. The van der Waals surface area contributed by atoms with E-state index in [4.69, 9.17) is 21.7 Å². The Morgan fingerprint density at radius 1 is 1.10 bits per heavy atom. The molecule has 1 aromatic heterocycles. The van der Waals surface area contributed by atoms with E-state index in [9.17, 15) is 24.0 Å². The van der Waals surface area contributed by atoms with Gasteiger partial charge in [-0.25, -0.2) is 4.98 Å². The number of nitrogens with two attached hydrogens (primary N) is 2. The third kappa shape index (κ3) is 7.84. The average molecular weight is 427 g/mol. The second kappa shape index (κ2) is 11.5. The summed E-state index contributed by atoms with van der Waals surface area (Å²) in [6.07, 6.45) is 2.07. The molecule has 0 saturated carbocycles. The fraction of sp³-hybridized carbons (Fsp3) is 0.500. The number of amides is 4. The van der Waals surface area contributed by atoms with Gasteiger partial charge in [-0.05, 0) is 6.92 Å². The van der Waals surface area contributed by atoms with E-state index in [1.807, 2.05) is 0 Å². The first-order valence-corrected chi connectivity index (χ1v) is 8.81. The number of nitrogens with one attached hydrogen (secondary N) is 4. The van der Waals surface area contributed by atoms with Crippen molar-refractivity contribution in [3.05, 3.63) is 18.2 Å². The normalized spacial score (nSPS) is 14.6. The molecule has 1 rings (SSSR count). The van der Waals surface area contributed by atoms with Crippen molar-refractivity contribution in [2.75, 3.05) is 6.61 Å². The minimum atomic E-state index is -1.48. The van der Waals surface area contributed by atoms with Crippen molar-refractivity contribution in [3.63, 3.8) is 0 Å². The number of carbonyl (C=O) groups excluding carboxylic acids is 4. The van der Waals surface area contributed by atoms with E-state index in [1.54, 1.807) is 0 Å². The van der Waals surface area contributed by atoms with Crippen LogP contribution in [0, 0.1) is 0 Å². The van der Waals surface area contributed by atoms with Crippen molar-refractivity contribution in [1.29, 1.82) is 0 Å². The number of aliphatic hydroxyl groups excluding tert-OH is 1. The summed E-state index contributed by atoms with van der Waals surface area (Å²) in [6, 6.07) is -5.31. The molecule has 1 aromatic rings. The predicted molar refractivity (Wildman–Crippen MR) is 100 cm³/mol. The van der Waals surface area contributed by atoms with Gasteiger partial charge < -0.3 is 42.6 Å². The van der Waals surface area contributed by atoms with Crippen LogP contribution in [0.25, 0.3) is 0 Å². The third-order valence-corrected chi connectivity index (χ3v) is 3.91. The monoisotopic (exact) mass is 427 g/mol. The molecule has 0 aromatic carbocycles. The quantitative estimate of drug-likeness (QED) is 0.161. The number of aliphatic carboxylic acids is 1. The molecule has 0 saturated heterocycles. The number of aliphatic hydroxyl groups is 1. The molecule has 0 radical (unpaired) electrons. The Bertz CT molecular complexity index is 768. The minimum Gasteiger partial charge on any atom is -0.480 e. The number of rotatable bonds is 12. The Morgan fingerprint density at radius 3 is 2.20 bits per heavy atom. The van der Waals surface area contributed by atoms with Crippen molar-refractivity contribution in [2.45, 2.75) is 43.9 Å². The van der Waals surface area contributed by atoms with Gasteiger partial charge in [0.15, 0.2) is 0 Å². The first-order valence-electron chi connectivity index (χ1n) is 8.81. The summed E-state index contributed by atoms with van der Waals surface area (Å²) in [4.78, 5) is 65.8. The van der Waals surface area contributed by atoms with E-state index < -0.39 is 66.8 Å². The topological polar surface area (TPSA) is 243 Å². The number of aromatic nitrogens is 2. The fourth-order valence-corrected chi connectivity index (χ4v) is 2.25. The number of primary amides is 1. The molecule has 4 atom stereocenters. The van der Waals surface area contributed by atoms with E-state index in [2.05, 4.69) is 25.9 Å². The molecule has 14 nitrogen and oxygen atoms in total. The van der Waals surface area contributed by atoms with E-state index in [1.165, 1.54) is 19.4 Å². The molecule has 0 aliphatic heterocycles. The van der Waals surface area contributed by atoms with Gasteiger partial charge in [-0.3, -0.25) is 24.0 Å². The van der Waals surface area contributed by atoms with E-state index in [0.29, 0.717) is 5.69 Å². The lowest BCUT2D eigenvalue weighted by atomic mass is 10.1. The van der Waals surface area contributed by atoms with Gasteiger partial charge in [-0.2, -0.15) is 0 Å². The first-order chi connectivity index (χ1) is 14.0. The van der Waals surface area contributed by atoms with Crippen LogP contribution >= 0.6 is 0 Å². The minimum absolute atomic E-state index is 0.0772. The van der Waals surface area contributed by atoms with Gasteiger partial charge >= 0.3 is 5.97 Å². The number of aromatic amines is 1. The highest BCUT2D eigenvalue weighted by Gasteiger charge is 2.30. The number of carboxylic acid groups (broad SMARTS) is 1. The molecule has 30 heavy (non-hydrogen) atoms. The number of carboxylic acids is 1. The molecule has 0 bridgehead atoms. The predicted octanol–water partition coefficient (Wildman–Crippen LogP) is -4.29. The molecule has 0 fully saturated rings. The lowest BCUT2D eigenvalue weighted by Crippen LogP contribution is -2.58. The summed E-state index contributed by atoms with van der Waals surface area (Å²) in [5.74, 6) is -4.89. The Labute approximate surface area is 170 Å². The van der Waals surface area contributed by atoms with Crippen LogP contribution in [0.5, 0.6) is 0 Å². The zero-order valence-electron chi connectivity index (χ0n) is 16.1. The van der Waals surface area contributed by atoms with Crippen molar-refractivity contribution >= 4 is 29.6 Å². The summed E-state index contributed by atoms with van der Waals surface area (Å²) in [6.45, 7) is 0.533.